The summed E-state index contributed by atoms with van der Waals surface area (Å²) < 4.78 is 5.47. The third kappa shape index (κ3) is 2.58. The second kappa shape index (κ2) is 5.54. The van der Waals surface area contributed by atoms with Crippen LogP contribution in [0.2, 0.25) is 0 Å². The van der Waals surface area contributed by atoms with Gasteiger partial charge in [0.2, 0.25) is 0 Å². The summed E-state index contributed by atoms with van der Waals surface area (Å²) in [5.41, 5.74) is 1.04. The molecular formula is C16H22N2O2. The summed E-state index contributed by atoms with van der Waals surface area (Å²) in [5, 5.41) is 3.41. The summed E-state index contributed by atoms with van der Waals surface area (Å²) in [5.74, 6) is 0.283. The summed E-state index contributed by atoms with van der Waals surface area (Å²) in [6.07, 6.45) is 2.23. The van der Waals surface area contributed by atoms with Gasteiger partial charge in [0.1, 0.15) is 12.6 Å². The molecule has 1 aliphatic heterocycles. The van der Waals surface area contributed by atoms with Crippen molar-refractivity contribution >= 4 is 5.97 Å². The Morgan fingerprint density at radius 2 is 2.05 bits per heavy atom. The van der Waals surface area contributed by atoms with Crippen LogP contribution in [0.5, 0.6) is 0 Å². The summed E-state index contributed by atoms with van der Waals surface area (Å²) >= 11 is 0. The molecule has 1 saturated heterocycles. The number of benzene rings is 1. The molecule has 1 N–H and O–H groups in total. The second-order valence-electron chi connectivity index (χ2n) is 6.10. The number of nitrogens with one attached hydrogen (secondary N) is 1. The first-order chi connectivity index (χ1) is 9.65. The SMILES string of the molecule is CN(C)[C@@H]1C[C@H]2C[C@H]1[C@@H](C(=O)OCc1ccccc1)N2. The summed E-state index contributed by atoms with van der Waals surface area (Å²) in [7, 11) is 4.19. The maximum absolute atomic E-state index is 12.3. The number of esters is 1. The highest BCUT2D eigenvalue weighted by atomic mass is 16.5. The third-order valence-corrected chi connectivity index (χ3v) is 4.56. The predicted molar refractivity (Wildman–Crippen MR) is 77.1 cm³/mol. The quantitative estimate of drug-likeness (QED) is 0.843. The van der Waals surface area contributed by atoms with Gasteiger partial charge in [-0.25, -0.2) is 0 Å². The van der Waals surface area contributed by atoms with Crippen molar-refractivity contribution in [3.05, 3.63) is 35.9 Å². The van der Waals surface area contributed by atoms with Crippen LogP contribution in [0, 0.1) is 5.92 Å². The van der Waals surface area contributed by atoms with Crippen molar-refractivity contribution in [3.8, 4) is 0 Å². The molecule has 0 amide bonds. The molecule has 2 bridgehead atoms. The van der Waals surface area contributed by atoms with Gasteiger partial charge in [-0.3, -0.25) is 4.79 Å². The average molecular weight is 274 g/mol. The molecule has 0 unspecified atom stereocenters. The second-order valence-corrected chi connectivity index (χ2v) is 6.10. The number of ether oxygens (including phenoxy) is 1. The van der Waals surface area contributed by atoms with Crippen LogP contribution in [0.3, 0.4) is 0 Å². The number of fused-ring (bicyclic) bond motifs is 2. The molecule has 4 nitrogen and oxygen atoms in total. The maximum atomic E-state index is 12.3. The standard InChI is InChI=1S/C16H22N2O2/c1-18(2)14-9-12-8-13(14)15(17-12)16(19)20-10-11-6-4-3-5-7-11/h3-7,12-15,17H,8-10H2,1-2H3/t12-,13-,14-,15+/m1/s1. The Balaban J connectivity index is 1.58. The van der Waals surface area contributed by atoms with E-state index >= 15 is 0 Å². The molecule has 20 heavy (non-hydrogen) atoms. The first kappa shape index (κ1) is 13.6. The molecular weight excluding hydrogens is 252 g/mol. The first-order valence-electron chi connectivity index (χ1n) is 7.28. The van der Waals surface area contributed by atoms with E-state index in [-0.39, 0.29) is 12.0 Å². The van der Waals surface area contributed by atoms with Gasteiger partial charge in [0, 0.05) is 18.0 Å². The lowest BCUT2D eigenvalue weighted by Crippen LogP contribution is -2.51. The highest BCUT2D eigenvalue weighted by molar-refractivity contribution is 5.77. The van der Waals surface area contributed by atoms with E-state index in [1.165, 1.54) is 0 Å². The Labute approximate surface area is 120 Å². The normalized spacial score (nSPS) is 31.8. The zero-order chi connectivity index (χ0) is 14.1. The van der Waals surface area contributed by atoms with Crippen LogP contribution in [0.15, 0.2) is 30.3 Å². The molecule has 4 heteroatoms. The monoisotopic (exact) mass is 274 g/mol. The van der Waals surface area contributed by atoms with Gasteiger partial charge in [-0.2, -0.15) is 0 Å². The third-order valence-electron chi connectivity index (χ3n) is 4.56. The highest BCUT2D eigenvalue weighted by Crippen LogP contribution is 2.38. The van der Waals surface area contributed by atoms with Gasteiger partial charge in [-0.05, 0) is 32.5 Å². The Hall–Kier alpha value is -1.39. The van der Waals surface area contributed by atoms with Gasteiger partial charge >= 0.3 is 5.97 Å². The fourth-order valence-electron chi connectivity index (χ4n) is 3.58. The summed E-state index contributed by atoms with van der Waals surface area (Å²) in [6.45, 7) is 0.363. The van der Waals surface area contributed by atoms with Crippen LogP contribution in [0.25, 0.3) is 0 Å². The molecule has 0 spiro atoms. The molecule has 4 atom stereocenters. The molecule has 1 saturated carbocycles. The van der Waals surface area contributed by atoms with Crippen molar-refractivity contribution in [1.82, 2.24) is 10.2 Å². The largest absolute Gasteiger partial charge is 0.460 e. The molecule has 3 rings (SSSR count). The van der Waals surface area contributed by atoms with E-state index in [9.17, 15) is 4.79 Å². The van der Waals surface area contributed by atoms with Gasteiger partial charge in [0.15, 0.2) is 0 Å². The van der Waals surface area contributed by atoms with E-state index in [1.54, 1.807) is 0 Å². The Morgan fingerprint density at radius 3 is 2.70 bits per heavy atom. The number of nitrogens with zero attached hydrogens (tertiary/aromatic N) is 1. The van der Waals surface area contributed by atoms with Crippen LogP contribution in [0.4, 0.5) is 0 Å². The van der Waals surface area contributed by atoms with Gasteiger partial charge in [0.05, 0.1) is 0 Å². The number of hydrogen-bond donors (Lipinski definition) is 1. The Bertz CT molecular complexity index is 475. The minimum Gasteiger partial charge on any atom is -0.460 e. The van der Waals surface area contributed by atoms with Crippen molar-refractivity contribution in [2.75, 3.05) is 14.1 Å². The first-order valence-corrected chi connectivity index (χ1v) is 7.28. The summed E-state index contributed by atoms with van der Waals surface area (Å²) in [4.78, 5) is 14.5. The molecule has 1 aliphatic carbocycles. The Morgan fingerprint density at radius 1 is 1.30 bits per heavy atom. The van der Waals surface area contributed by atoms with Crippen LogP contribution in [-0.4, -0.2) is 43.1 Å². The summed E-state index contributed by atoms with van der Waals surface area (Å²) in [6, 6.07) is 10.7. The molecule has 108 valence electrons. The van der Waals surface area contributed by atoms with Crippen LogP contribution < -0.4 is 5.32 Å². The maximum Gasteiger partial charge on any atom is 0.323 e. The number of piperidine rings is 1. The minimum absolute atomic E-state index is 0.104. The lowest BCUT2D eigenvalue weighted by Gasteiger charge is -2.33. The van der Waals surface area contributed by atoms with Gasteiger partial charge in [-0.1, -0.05) is 30.3 Å². The van der Waals surface area contributed by atoms with Crippen molar-refractivity contribution in [2.45, 2.75) is 37.6 Å². The van der Waals surface area contributed by atoms with E-state index in [2.05, 4.69) is 24.3 Å². The molecule has 0 radical (unpaired) electrons. The number of carbonyl (C=O) groups is 1. The van der Waals surface area contributed by atoms with E-state index in [0.717, 1.165) is 18.4 Å². The zero-order valence-electron chi connectivity index (χ0n) is 12.1. The molecule has 0 aromatic heterocycles. The highest BCUT2D eigenvalue weighted by Gasteiger charge is 2.50. The van der Waals surface area contributed by atoms with Crippen molar-refractivity contribution in [3.63, 3.8) is 0 Å². The molecule has 1 heterocycles. The molecule has 1 aromatic rings. The zero-order valence-corrected chi connectivity index (χ0v) is 12.1. The van der Waals surface area contributed by atoms with Crippen LogP contribution in [-0.2, 0) is 16.1 Å². The number of carbonyl (C=O) groups excluding carboxylic acids is 1. The lowest BCUT2D eigenvalue weighted by atomic mass is 9.94. The number of rotatable bonds is 4. The lowest BCUT2D eigenvalue weighted by molar-refractivity contribution is -0.149. The van der Waals surface area contributed by atoms with Crippen LogP contribution in [0.1, 0.15) is 18.4 Å². The fourth-order valence-corrected chi connectivity index (χ4v) is 3.58. The predicted octanol–water partition coefficient (Wildman–Crippen LogP) is 1.41. The van der Waals surface area contributed by atoms with Crippen molar-refractivity contribution in [2.24, 2.45) is 5.92 Å². The van der Waals surface area contributed by atoms with Gasteiger partial charge < -0.3 is 15.0 Å². The molecule has 2 aliphatic rings. The van der Waals surface area contributed by atoms with Gasteiger partial charge in [-0.15, -0.1) is 0 Å². The van der Waals surface area contributed by atoms with Crippen molar-refractivity contribution in [1.29, 1.82) is 0 Å². The van der Waals surface area contributed by atoms with Crippen LogP contribution >= 0.6 is 0 Å². The van der Waals surface area contributed by atoms with Crippen molar-refractivity contribution < 1.29 is 9.53 Å². The Kier molecular flexibility index (Phi) is 3.76. The van der Waals surface area contributed by atoms with E-state index < -0.39 is 0 Å². The van der Waals surface area contributed by atoms with Gasteiger partial charge in [0.25, 0.3) is 0 Å². The number of hydrogen-bond acceptors (Lipinski definition) is 4. The van der Waals surface area contributed by atoms with E-state index in [4.69, 9.17) is 4.74 Å². The van der Waals surface area contributed by atoms with E-state index in [0.29, 0.717) is 24.6 Å². The van der Waals surface area contributed by atoms with E-state index in [1.807, 2.05) is 30.3 Å². The minimum atomic E-state index is -0.134. The average Bonchev–Trinajstić information content (AvgIpc) is 3.06. The fraction of sp³-hybridized carbons (Fsp3) is 0.562. The molecule has 1 aromatic carbocycles. The molecule has 2 fully saturated rings. The topological polar surface area (TPSA) is 41.6 Å². The smallest absolute Gasteiger partial charge is 0.323 e.